The summed E-state index contributed by atoms with van der Waals surface area (Å²) in [5.74, 6) is -0.245. The van der Waals surface area contributed by atoms with Crippen LogP contribution in [0.2, 0.25) is 0 Å². The number of carbonyl (C=O) groups excluding carboxylic acids is 2. The van der Waals surface area contributed by atoms with Gasteiger partial charge in [0.1, 0.15) is 11.4 Å². The van der Waals surface area contributed by atoms with E-state index in [1.54, 1.807) is 33.9 Å². The van der Waals surface area contributed by atoms with Crippen LogP contribution in [0, 0.1) is 0 Å². The number of anilines is 1. The van der Waals surface area contributed by atoms with Crippen molar-refractivity contribution in [1.29, 1.82) is 0 Å². The van der Waals surface area contributed by atoms with Crippen molar-refractivity contribution in [1.82, 2.24) is 9.88 Å². The molecule has 1 rings (SSSR count). The van der Waals surface area contributed by atoms with Crippen molar-refractivity contribution in [3.63, 3.8) is 0 Å². The number of nitrogens with two attached hydrogens (primary N) is 1. The topological polar surface area (TPSA) is 85.5 Å². The molecular formula is C14H21N3O3. The lowest BCUT2D eigenvalue weighted by Crippen LogP contribution is -2.31. The van der Waals surface area contributed by atoms with E-state index in [0.29, 0.717) is 5.56 Å². The lowest BCUT2D eigenvalue weighted by atomic mass is 10.2. The first-order valence-corrected chi connectivity index (χ1v) is 6.38. The van der Waals surface area contributed by atoms with Crippen molar-refractivity contribution in [2.75, 3.05) is 19.3 Å². The highest BCUT2D eigenvalue weighted by Crippen LogP contribution is 2.10. The lowest BCUT2D eigenvalue weighted by Gasteiger charge is -2.21. The molecule has 0 radical (unpaired) electrons. The first-order chi connectivity index (χ1) is 9.19. The second-order valence-electron chi connectivity index (χ2n) is 5.53. The third-order valence-electron chi connectivity index (χ3n) is 2.45. The number of esters is 1. The number of carbonyl (C=O) groups is 2. The zero-order chi connectivity index (χ0) is 15.3. The van der Waals surface area contributed by atoms with Gasteiger partial charge in [-0.1, -0.05) is 0 Å². The second-order valence-corrected chi connectivity index (χ2v) is 5.53. The Morgan fingerprint density at radius 3 is 2.60 bits per heavy atom. The summed E-state index contributed by atoms with van der Waals surface area (Å²) >= 11 is 0. The monoisotopic (exact) mass is 279 g/mol. The Hall–Kier alpha value is -2.11. The van der Waals surface area contributed by atoms with Crippen LogP contribution < -0.4 is 5.73 Å². The molecule has 0 saturated carbocycles. The summed E-state index contributed by atoms with van der Waals surface area (Å²) in [6, 6.07) is 3.09. The molecule has 0 spiro atoms. The minimum absolute atomic E-state index is 0.153. The molecule has 1 aromatic heterocycles. The highest BCUT2D eigenvalue weighted by molar-refractivity contribution is 5.94. The van der Waals surface area contributed by atoms with Gasteiger partial charge in [0, 0.05) is 25.4 Å². The third-order valence-corrected chi connectivity index (χ3v) is 2.45. The molecular weight excluding hydrogens is 258 g/mol. The second kappa shape index (κ2) is 6.36. The number of amides is 1. The summed E-state index contributed by atoms with van der Waals surface area (Å²) in [5, 5.41) is 0. The van der Waals surface area contributed by atoms with Gasteiger partial charge in [-0.3, -0.25) is 9.59 Å². The quantitative estimate of drug-likeness (QED) is 0.843. The highest BCUT2D eigenvalue weighted by atomic mass is 16.6. The number of pyridine rings is 1. The van der Waals surface area contributed by atoms with Crippen LogP contribution in [0.15, 0.2) is 18.3 Å². The minimum atomic E-state index is -0.515. The highest BCUT2D eigenvalue weighted by Gasteiger charge is 2.18. The number of hydrogen-bond donors (Lipinski definition) is 1. The number of ether oxygens (including phenoxy) is 1. The van der Waals surface area contributed by atoms with Crippen LogP contribution in [0.25, 0.3) is 0 Å². The predicted molar refractivity (Wildman–Crippen MR) is 76.1 cm³/mol. The molecule has 110 valence electrons. The summed E-state index contributed by atoms with van der Waals surface area (Å²) < 4.78 is 5.19. The van der Waals surface area contributed by atoms with E-state index in [1.807, 2.05) is 0 Å². The van der Waals surface area contributed by atoms with Crippen molar-refractivity contribution in [2.24, 2.45) is 0 Å². The van der Waals surface area contributed by atoms with Gasteiger partial charge >= 0.3 is 5.97 Å². The van der Waals surface area contributed by atoms with Gasteiger partial charge in [0.2, 0.25) is 0 Å². The first-order valence-electron chi connectivity index (χ1n) is 6.38. The third kappa shape index (κ3) is 5.26. The van der Waals surface area contributed by atoms with Crippen molar-refractivity contribution < 1.29 is 14.3 Å². The molecule has 0 unspecified atom stereocenters. The lowest BCUT2D eigenvalue weighted by molar-refractivity contribution is -0.154. The van der Waals surface area contributed by atoms with Crippen LogP contribution in [0.3, 0.4) is 0 Å². The van der Waals surface area contributed by atoms with E-state index in [0.717, 1.165) is 0 Å². The van der Waals surface area contributed by atoms with E-state index in [-0.39, 0.29) is 30.7 Å². The number of nitrogens with zero attached hydrogens (tertiary/aromatic N) is 2. The molecule has 1 amide bonds. The summed E-state index contributed by atoms with van der Waals surface area (Å²) in [4.78, 5) is 29.0. The van der Waals surface area contributed by atoms with Crippen molar-refractivity contribution >= 4 is 17.7 Å². The molecule has 0 aliphatic rings. The largest absolute Gasteiger partial charge is 0.460 e. The summed E-state index contributed by atoms with van der Waals surface area (Å²) in [6.45, 7) is 5.70. The number of rotatable bonds is 4. The first kappa shape index (κ1) is 15.9. The molecule has 6 nitrogen and oxygen atoms in total. The summed E-state index contributed by atoms with van der Waals surface area (Å²) in [7, 11) is 1.63. The average Bonchev–Trinajstić information content (AvgIpc) is 2.33. The molecule has 2 N–H and O–H groups in total. The van der Waals surface area contributed by atoms with Gasteiger partial charge in [0.15, 0.2) is 0 Å². The van der Waals surface area contributed by atoms with Crippen LogP contribution in [0.5, 0.6) is 0 Å². The van der Waals surface area contributed by atoms with Gasteiger partial charge in [0.25, 0.3) is 5.91 Å². The fourth-order valence-corrected chi connectivity index (χ4v) is 1.55. The van der Waals surface area contributed by atoms with E-state index in [2.05, 4.69) is 4.98 Å². The zero-order valence-corrected chi connectivity index (χ0v) is 12.3. The van der Waals surface area contributed by atoms with Gasteiger partial charge < -0.3 is 15.4 Å². The Bertz CT molecular complexity index is 495. The Kier molecular flexibility index (Phi) is 5.07. The Morgan fingerprint density at radius 2 is 2.05 bits per heavy atom. The summed E-state index contributed by atoms with van der Waals surface area (Å²) in [5.41, 5.74) is 5.47. The predicted octanol–water partition coefficient (Wildman–Crippen LogP) is 1.47. The van der Waals surface area contributed by atoms with Gasteiger partial charge in [-0.2, -0.15) is 0 Å². The molecule has 1 heterocycles. The molecule has 0 fully saturated rings. The molecule has 0 atom stereocenters. The van der Waals surface area contributed by atoms with Gasteiger partial charge in [0.05, 0.1) is 6.42 Å². The van der Waals surface area contributed by atoms with Gasteiger partial charge in [-0.05, 0) is 32.9 Å². The smallest absolute Gasteiger partial charge is 0.308 e. The molecule has 20 heavy (non-hydrogen) atoms. The zero-order valence-electron chi connectivity index (χ0n) is 12.3. The molecule has 0 aliphatic carbocycles. The fraction of sp³-hybridized carbons (Fsp3) is 0.500. The van der Waals surface area contributed by atoms with Crippen LogP contribution in [0.1, 0.15) is 37.6 Å². The molecule has 0 aromatic carbocycles. The summed E-state index contributed by atoms with van der Waals surface area (Å²) in [6.07, 6.45) is 1.63. The maximum atomic E-state index is 12.1. The minimum Gasteiger partial charge on any atom is -0.460 e. The molecule has 0 bridgehead atoms. The molecule has 0 aliphatic heterocycles. The van der Waals surface area contributed by atoms with Crippen molar-refractivity contribution in [2.45, 2.75) is 32.8 Å². The van der Waals surface area contributed by atoms with Crippen molar-refractivity contribution in [3.05, 3.63) is 23.9 Å². The van der Waals surface area contributed by atoms with Gasteiger partial charge in [-0.15, -0.1) is 0 Å². The Balaban J connectivity index is 2.53. The van der Waals surface area contributed by atoms with E-state index in [4.69, 9.17) is 10.5 Å². The number of hydrogen-bond acceptors (Lipinski definition) is 5. The van der Waals surface area contributed by atoms with Crippen LogP contribution in [0.4, 0.5) is 5.82 Å². The Labute approximate surface area is 118 Å². The van der Waals surface area contributed by atoms with E-state index in [9.17, 15) is 9.59 Å². The van der Waals surface area contributed by atoms with Gasteiger partial charge in [-0.25, -0.2) is 4.98 Å². The Morgan fingerprint density at radius 1 is 1.40 bits per heavy atom. The number of aromatic nitrogens is 1. The molecule has 6 heteroatoms. The maximum absolute atomic E-state index is 12.1. The van der Waals surface area contributed by atoms with Crippen molar-refractivity contribution in [3.8, 4) is 0 Å². The molecule has 0 saturated heterocycles. The van der Waals surface area contributed by atoms with E-state index < -0.39 is 5.60 Å². The normalized spacial score (nSPS) is 11.0. The molecule has 1 aromatic rings. The standard InChI is InChI=1S/C14H21N3O3/c1-14(2,3)20-12(18)6-8-17(4)13(19)10-5-7-16-11(15)9-10/h5,7,9H,6,8H2,1-4H3,(H2,15,16). The fourth-order valence-electron chi connectivity index (χ4n) is 1.55. The average molecular weight is 279 g/mol. The number of nitrogen functional groups attached to an aromatic ring is 1. The van der Waals surface area contributed by atoms with E-state index >= 15 is 0 Å². The van der Waals surface area contributed by atoms with Crippen LogP contribution in [-0.4, -0.2) is 41.0 Å². The van der Waals surface area contributed by atoms with Crippen LogP contribution >= 0.6 is 0 Å². The van der Waals surface area contributed by atoms with Crippen LogP contribution in [-0.2, 0) is 9.53 Å². The van der Waals surface area contributed by atoms with E-state index in [1.165, 1.54) is 17.2 Å². The maximum Gasteiger partial charge on any atom is 0.308 e. The SMILES string of the molecule is CN(CCC(=O)OC(C)(C)C)C(=O)c1ccnc(N)c1.